The molecule has 0 bridgehead atoms. The SMILES string of the molecule is O=C(N[C@@H]1c2ccccc2C[C@@H]1O)[C@H]1C[C@@H]1c1ccc(F)cc1. The molecule has 118 valence electrons. The van der Waals surface area contributed by atoms with Crippen LogP contribution in [0.3, 0.4) is 0 Å². The number of nitrogens with one attached hydrogen (secondary N) is 1. The number of fused-ring (bicyclic) bond motifs is 1. The van der Waals surface area contributed by atoms with E-state index in [4.69, 9.17) is 0 Å². The van der Waals surface area contributed by atoms with E-state index in [1.54, 1.807) is 12.1 Å². The van der Waals surface area contributed by atoms with Crippen LogP contribution in [0.5, 0.6) is 0 Å². The largest absolute Gasteiger partial charge is 0.390 e. The zero-order valence-corrected chi connectivity index (χ0v) is 12.6. The average molecular weight is 311 g/mol. The predicted octanol–water partition coefficient (Wildman–Crippen LogP) is 2.70. The van der Waals surface area contributed by atoms with E-state index >= 15 is 0 Å². The first-order valence-electron chi connectivity index (χ1n) is 7.95. The molecule has 1 fully saturated rings. The molecule has 0 spiro atoms. The number of carbonyl (C=O) groups is 1. The fraction of sp³-hybridized carbons (Fsp3) is 0.316. The Morgan fingerprint density at radius 1 is 1.13 bits per heavy atom. The average Bonchev–Trinajstić information content (AvgIpc) is 3.28. The summed E-state index contributed by atoms with van der Waals surface area (Å²) in [5.41, 5.74) is 3.10. The van der Waals surface area contributed by atoms with Crippen molar-refractivity contribution in [3.05, 3.63) is 71.0 Å². The van der Waals surface area contributed by atoms with E-state index < -0.39 is 6.10 Å². The minimum absolute atomic E-state index is 0.0277. The monoisotopic (exact) mass is 311 g/mol. The second-order valence-electron chi connectivity index (χ2n) is 6.46. The normalized spacial score (nSPS) is 28.3. The lowest BCUT2D eigenvalue weighted by Gasteiger charge is -2.18. The number of hydrogen-bond donors (Lipinski definition) is 2. The van der Waals surface area contributed by atoms with Gasteiger partial charge in [-0.2, -0.15) is 0 Å². The highest BCUT2D eigenvalue weighted by molar-refractivity contribution is 5.83. The van der Waals surface area contributed by atoms with Crippen molar-refractivity contribution in [1.82, 2.24) is 5.32 Å². The molecule has 4 heteroatoms. The third-order valence-corrected chi connectivity index (χ3v) is 4.93. The summed E-state index contributed by atoms with van der Waals surface area (Å²) in [6, 6.07) is 13.8. The summed E-state index contributed by atoms with van der Waals surface area (Å²) < 4.78 is 13.0. The molecule has 2 aliphatic rings. The van der Waals surface area contributed by atoms with Crippen LogP contribution in [0.2, 0.25) is 0 Å². The summed E-state index contributed by atoms with van der Waals surface area (Å²) >= 11 is 0. The van der Waals surface area contributed by atoms with Crippen molar-refractivity contribution in [3.63, 3.8) is 0 Å². The van der Waals surface area contributed by atoms with Gasteiger partial charge in [-0.15, -0.1) is 0 Å². The highest BCUT2D eigenvalue weighted by Crippen LogP contribution is 2.48. The highest BCUT2D eigenvalue weighted by Gasteiger charge is 2.45. The fourth-order valence-corrected chi connectivity index (χ4v) is 3.57. The Balaban J connectivity index is 1.44. The molecule has 3 nitrogen and oxygen atoms in total. The van der Waals surface area contributed by atoms with E-state index in [-0.39, 0.29) is 29.6 Å². The first-order chi connectivity index (χ1) is 11.1. The molecule has 1 saturated carbocycles. The van der Waals surface area contributed by atoms with E-state index in [1.807, 2.05) is 24.3 Å². The number of aliphatic hydroxyl groups excluding tert-OH is 1. The summed E-state index contributed by atoms with van der Waals surface area (Å²) in [6.07, 6.45) is 0.786. The molecule has 2 aromatic carbocycles. The molecule has 0 saturated heterocycles. The first-order valence-corrected chi connectivity index (χ1v) is 7.95. The van der Waals surface area contributed by atoms with E-state index in [0.717, 1.165) is 23.1 Å². The standard InChI is InChI=1S/C19H18FNO2/c20-13-7-5-11(6-8-13)15-10-16(15)19(23)21-18-14-4-2-1-3-12(14)9-17(18)22/h1-8,15-18,22H,9-10H2,(H,21,23)/t15-,16+,17+,18-/m1/s1. The Labute approximate surface area is 134 Å². The maximum Gasteiger partial charge on any atom is 0.224 e. The Morgan fingerprint density at radius 3 is 2.65 bits per heavy atom. The Kier molecular flexibility index (Phi) is 3.42. The zero-order chi connectivity index (χ0) is 16.0. The van der Waals surface area contributed by atoms with Crippen LogP contribution in [-0.4, -0.2) is 17.1 Å². The van der Waals surface area contributed by atoms with Gasteiger partial charge in [-0.1, -0.05) is 36.4 Å². The summed E-state index contributed by atoms with van der Waals surface area (Å²) in [5, 5.41) is 13.2. The smallest absolute Gasteiger partial charge is 0.224 e. The van der Waals surface area contributed by atoms with Crippen LogP contribution in [0.15, 0.2) is 48.5 Å². The Morgan fingerprint density at radius 2 is 1.87 bits per heavy atom. The third kappa shape index (κ3) is 2.63. The number of aliphatic hydroxyl groups is 1. The number of carbonyl (C=O) groups excluding carboxylic acids is 1. The van der Waals surface area contributed by atoms with Crippen molar-refractivity contribution in [3.8, 4) is 0 Å². The van der Waals surface area contributed by atoms with E-state index in [0.29, 0.717) is 6.42 Å². The molecule has 0 aliphatic heterocycles. The lowest BCUT2D eigenvalue weighted by Crippen LogP contribution is -2.35. The Bertz CT molecular complexity index is 743. The molecule has 0 aromatic heterocycles. The summed E-state index contributed by atoms with van der Waals surface area (Å²) in [7, 11) is 0. The molecule has 1 amide bonds. The Hall–Kier alpha value is -2.20. The van der Waals surface area contributed by atoms with Crippen molar-refractivity contribution < 1.29 is 14.3 Å². The van der Waals surface area contributed by atoms with Crippen LogP contribution in [0.4, 0.5) is 4.39 Å². The first kappa shape index (κ1) is 14.4. The fourth-order valence-electron chi connectivity index (χ4n) is 3.57. The molecule has 4 atom stereocenters. The van der Waals surface area contributed by atoms with Crippen molar-refractivity contribution in [2.75, 3.05) is 0 Å². The van der Waals surface area contributed by atoms with Crippen molar-refractivity contribution >= 4 is 5.91 Å². The van der Waals surface area contributed by atoms with Gasteiger partial charge in [0.2, 0.25) is 5.91 Å². The van der Waals surface area contributed by atoms with Gasteiger partial charge < -0.3 is 10.4 Å². The number of halogens is 1. The van der Waals surface area contributed by atoms with E-state index in [2.05, 4.69) is 5.32 Å². The van der Waals surface area contributed by atoms with Crippen molar-refractivity contribution in [2.45, 2.75) is 30.9 Å². The zero-order valence-electron chi connectivity index (χ0n) is 12.6. The molecular weight excluding hydrogens is 293 g/mol. The minimum atomic E-state index is -0.570. The summed E-state index contributed by atoms with van der Waals surface area (Å²) in [4.78, 5) is 12.5. The van der Waals surface area contributed by atoms with Gasteiger partial charge in [0.05, 0.1) is 12.1 Å². The minimum Gasteiger partial charge on any atom is -0.390 e. The van der Waals surface area contributed by atoms with Gasteiger partial charge in [0.25, 0.3) is 0 Å². The van der Waals surface area contributed by atoms with Crippen LogP contribution < -0.4 is 5.32 Å². The molecule has 4 rings (SSSR count). The van der Waals surface area contributed by atoms with Crippen molar-refractivity contribution in [1.29, 1.82) is 0 Å². The van der Waals surface area contributed by atoms with Crippen LogP contribution in [0.25, 0.3) is 0 Å². The third-order valence-electron chi connectivity index (χ3n) is 4.93. The van der Waals surface area contributed by atoms with Gasteiger partial charge in [0.1, 0.15) is 5.82 Å². The molecular formula is C19H18FNO2. The van der Waals surface area contributed by atoms with Gasteiger partial charge in [-0.05, 0) is 41.2 Å². The van der Waals surface area contributed by atoms with Gasteiger partial charge in [-0.25, -0.2) is 4.39 Å². The number of rotatable bonds is 3. The van der Waals surface area contributed by atoms with Crippen LogP contribution in [0.1, 0.15) is 35.1 Å². The molecule has 0 radical (unpaired) electrons. The number of hydrogen-bond acceptors (Lipinski definition) is 2. The lowest BCUT2D eigenvalue weighted by atomic mass is 10.1. The maximum atomic E-state index is 13.0. The van der Waals surface area contributed by atoms with Crippen LogP contribution in [0, 0.1) is 11.7 Å². The predicted molar refractivity (Wildman–Crippen MR) is 84.3 cm³/mol. The molecule has 2 aromatic rings. The number of amides is 1. The van der Waals surface area contributed by atoms with E-state index in [1.165, 1.54) is 12.1 Å². The molecule has 0 unspecified atom stereocenters. The van der Waals surface area contributed by atoms with Crippen LogP contribution in [-0.2, 0) is 11.2 Å². The second kappa shape index (κ2) is 5.46. The van der Waals surface area contributed by atoms with Gasteiger partial charge >= 0.3 is 0 Å². The number of benzene rings is 2. The van der Waals surface area contributed by atoms with Gasteiger partial charge in [0, 0.05) is 12.3 Å². The van der Waals surface area contributed by atoms with Gasteiger partial charge in [-0.3, -0.25) is 4.79 Å². The van der Waals surface area contributed by atoms with Gasteiger partial charge in [0.15, 0.2) is 0 Å². The summed E-state index contributed by atoms with van der Waals surface area (Å²) in [5.74, 6) is -0.217. The molecule has 23 heavy (non-hydrogen) atoms. The molecule has 0 heterocycles. The summed E-state index contributed by atoms with van der Waals surface area (Å²) in [6.45, 7) is 0. The lowest BCUT2D eigenvalue weighted by molar-refractivity contribution is -0.123. The maximum absolute atomic E-state index is 13.0. The van der Waals surface area contributed by atoms with Crippen molar-refractivity contribution in [2.24, 2.45) is 5.92 Å². The molecule has 2 N–H and O–H groups in total. The molecule has 2 aliphatic carbocycles. The highest BCUT2D eigenvalue weighted by atomic mass is 19.1. The van der Waals surface area contributed by atoms with Crippen LogP contribution >= 0.6 is 0 Å². The van der Waals surface area contributed by atoms with E-state index in [9.17, 15) is 14.3 Å². The second-order valence-corrected chi connectivity index (χ2v) is 6.46. The quantitative estimate of drug-likeness (QED) is 0.915. The topological polar surface area (TPSA) is 49.3 Å².